The molecule has 29 heavy (non-hydrogen) atoms. The Balaban J connectivity index is 0.000000298. The van der Waals surface area contributed by atoms with Crippen LogP contribution in [0.5, 0.6) is 0 Å². The second-order valence-electron chi connectivity index (χ2n) is 7.07. The molecular weight excluding hydrogens is 381 g/mol. The van der Waals surface area contributed by atoms with Crippen molar-refractivity contribution in [3.63, 3.8) is 0 Å². The molecule has 0 bridgehead atoms. The van der Waals surface area contributed by atoms with Crippen molar-refractivity contribution < 1.29 is 22.7 Å². The van der Waals surface area contributed by atoms with Gasteiger partial charge in [0.05, 0.1) is 17.8 Å². The third kappa shape index (κ3) is 4.79. The van der Waals surface area contributed by atoms with E-state index in [4.69, 9.17) is 5.73 Å². The van der Waals surface area contributed by atoms with Gasteiger partial charge in [-0.1, -0.05) is 6.42 Å². The predicted molar refractivity (Wildman–Crippen MR) is 106 cm³/mol. The van der Waals surface area contributed by atoms with E-state index in [1.54, 1.807) is 12.1 Å². The molecule has 3 N–H and O–H groups in total. The van der Waals surface area contributed by atoms with Crippen LogP contribution in [-0.2, 0) is 9.53 Å². The Morgan fingerprint density at radius 3 is 2.34 bits per heavy atom. The summed E-state index contributed by atoms with van der Waals surface area (Å²) in [6.07, 6.45) is 3.47. The quantitative estimate of drug-likeness (QED) is 0.626. The molecule has 4 nitrogen and oxygen atoms in total. The Labute approximate surface area is 166 Å². The number of carbonyl (C=O) groups is 1. The van der Waals surface area contributed by atoms with Gasteiger partial charge in [0.2, 0.25) is 5.91 Å². The minimum atomic E-state index is -0.594. The molecule has 0 radical (unpaired) electrons. The largest absolute Gasteiger partial charge is 0.384 e. The van der Waals surface area contributed by atoms with Gasteiger partial charge in [-0.2, -0.15) is 0 Å². The Bertz CT molecular complexity index is 995. The first kappa shape index (κ1) is 20.9. The molecule has 154 valence electrons. The molecule has 1 aromatic heterocycles. The lowest BCUT2D eigenvalue weighted by Crippen LogP contribution is -2.12. The molecule has 1 fully saturated rings. The molecule has 7 heteroatoms. The van der Waals surface area contributed by atoms with Crippen molar-refractivity contribution in [3.05, 3.63) is 59.4 Å². The van der Waals surface area contributed by atoms with Crippen LogP contribution in [0.2, 0.25) is 0 Å². The van der Waals surface area contributed by atoms with Gasteiger partial charge in [-0.05, 0) is 60.2 Å². The molecule has 1 heterocycles. The van der Waals surface area contributed by atoms with E-state index >= 15 is 0 Å². The molecule has 0 unspecified atom stereocenters. The molecule has 1 aliphatic carbocycles. The Hall–Kier alpha value is -2.80. The van der Waals surface area contributed by atoms with Gasteiger partial charge >= 0.3 is 0 Å². The van der Waals surface area contributed by atoms with E-state index in [0.29, 0.717) is 29.8 Å². The van der Waals surface area contributed by atoms with Crippen LogP contribution in [0.1, 0.15) is 37.2 Å². The van der Waals surface area contributed by atoms with Gasteiger partial charge < -0.3 is 15.5 Å². The molecule has 0 atom stereocenters. The van der Waals surface area contributed by atoms with Crippen LogP contribution in [0, 0.1) is 17.5 Å². The molecule has 4 rings (SSSR count). The van der Waals surface area contributed by atoms with Gasteiger partial charge in [-0.15, -0.1) is 0 Å². The number of amides is 1. The van der Waals surface area contributed by atoms with Crippen molar-refractivity contribution in [3.8, 4) is 11.3 Å². The number of rotatable bonds is 5. The standard InChI is InChI=1S/C18H14F3N.C4H9NO2/c19-12-6-4-11(5-7-12)17-16(10-2-1-3-10)14-8-13(20)9-15(21)18(14)22-17;1-7-3-2-4(5)6/h4-10,22H,1-3H2;2-3H2,1H3,(H2,5,6). The van der Waals surface area contributed by atoms with Crippen molar-refractivity contribution in [2.45, 2.75) is 31.6 Å². The van der Waals surface area contributed by atoms with Gasteiger partial charge in [0.25, 0.3) is 0 Å². The smallest absolute Gasteiger partial charge is 0.219 e. The number of nitrogens with two attached hydrogens (primary N) is 1. The highest BCUT2D eigenvalue weighted by Crippen LogP contribution is 2.45. The molecule has 3 aromatic rings. The van der Waals surface area contributed by atoms with E-state index in [2.05, 4.69) is 9.72 Å². The average Bonchev–Trinajstić information content (AvgIpc) is 2.99. The average molecular weight is 404 g/mol. The zero-order valence-electron chi connectivity index (χ0n) is 16.1. The van der Waals surface area contributed by atoms with Crippen LogP contribution in [0.15, 0.2) is 36.4 Å². The molecule has 0 aliphatic heterocycles. The summed E-state index contributed by atoms with van der Waals surface area (Å²) in [5.74, 6) is -1.50. The fraction of sp³-hybridized carbons (Fsp3) is 0.318. The van der Waals surface area contributed by atoms with Gasteiger partial charge in [0.1, 0.15) is 17.5 Å². The highest BCUT2D eigenvalue weighted by molar-refractivity contribution is 5.92. The van der Waals surface area contributed by atoms with Gasteiger partial charge in [0.15, 0.2) is 0 Å². The van der Waals surface area contributed by atoms with E-state index in [1.807, 2.05) is 0 Å². The first-order chi connectivity index (χ1) is 13.9. The maximum atomic E-state index is 14.1. The Kier molecular flexibility index (Phi) is 6.59. The number of primary amides is 1. The number of hydrogen-bond donors (Lipinski definition) is 2. The van der Waals surface area contributed by atoms with Crippen molar-refractivity contribution in [2.75, 3.05) is 13.7 Å². The number of fused-ring (bicyclic) bond motifs is 1. The molecule has 2 aromatic carbocycles. The maximum absolute atomic E-state index is 14.1. The van der Waals surface area contributed by atoms with Gasteiger partial charge in [-0.25, -0.2) is 13.2 Å². The zero-order valence-corrected chi connectivity index (χ0v) is 16.1. The first-order valence-corrected chi connectivity index (χ1v) is 9.44. The number of H-pyrrole nitrogens is 1. The van der Waals surface area contributed by atoms with Gasteiger partial charge in [0, 0.05) is 25.0 Å². The molecule has 1 aliphatic rings. The summed E-state index contributed by atoms with van der Waals surface area (Å²) < 4.78 is 45.4. The number of aromatic amines is 1. The van der Waals surface area contributed by atoms with Crippen molar-refractivity contribution in [1.29, 1.82) is 0 Å². The van der Waals surface area contributed by atoms with E-state index in [0.717, 1.165) is 42.1 Å². The minimum absolute atomic E-state index is 0.301. The van der Waals surface area contributed by atoms with Gasteiger partial charge in [-0.3, -0.25) is 4.79 Å². The van der Waals surface area contributed by atoms with Crippen LogP contribution in [0.4, 0.5) is 13.2 Å². The Morgan fingerprint density at radius 1 is 1.14 bits per heavy atom. The third-order valence-electron chi connectivity index (χ3n) is 5.06. The lowest BCUT2D eigenvalue weighted by atomic mass is 9.78. The molecule has 0 spiro atoms. The van der Waals surface area contributed by atoms with Crippen molar-refractivity contribution in [2.24, 2.45) is 5.73 Å². The second-order valence-corrected chi connectivity index (χ2v) is 7.07. The van der Waals surface area contributed by atoms with Crippen LogP contribution < -0.4 is 5.73 Å². The lowest BCUT2D eigenvalue weighted by Gasteiger charge is -2.26. The topological polar surface area (TPSA) is 68.1 Å². The van der Waals surface area contributed by atoms with E-state index in [-0.39, 0.29) is 11.7 Å². The fourth-order valence-electron chi connectivity index (χ4n) is 3.41. The summed E-state index contributed by atoms with van der Waals surface area (Å²) in [6, 6.07) is 8.35. The fourth-order valence-corrected chi connectivity index (χ4v) is 3.41. The van der Waals surface area contributed by atoms with Crippen LogP contribution in [0.3, 0.4) is 0 Å². The first-order valence-electron chi connectivity index (χ1n) is 9.44. The normalized spacial score (nSPS) is 13.7. The van der Waals surface area contributed by atoms with Crippen molar-refractivity contribution >= 4 is 16.8 Å². The number of nitrogens with one attached hydrogen (secondary N) is 1. The number of ether oxygens (including phenoxy) is 1. The van der Waals surface area contributed by atoms with Crippen molar-refractivity contribution in [1.82, 2.24) is 4.98 Å². The summed E-state index contributed by atoms with van der Waals surface area (Å²) >= 11 is 0. The number of halogens is 3. The Morgan fingerprint density at radius 2 is 1.83 bits per heavy atom. The summed E-state index contributed by atoms with van der Waals surface area (Å²) in [5.41, 5.74) is 7.59. The van der Waals surface area contributed by atoms with E-state index < -0.39 is 11.6 Å². The maximum Gasteiger partial charge on any atom is 0.219 e. The second kappa shape index (κ2) is 9.13. The molecular formula is C22H23F3N2O2. The third-order valence-corrected chi connectivity index (χ3v) is 5.06. The number of aromatic nitrogens is 1. The molecule has 1 saturated carbocycles. The molecule has 1 amide bonds. The lowest BCUT2D eigenvalue weighted by molar-refractivity contribution is -0.118. The van der Waals surface area contributed by atoms with E-state index in [9.17, 15) is 18.0 Å². The summed E-state index contributed by atoms with van der Waals surface area (Å²) in [5, 5.41) is 0.599. The van der Waals surface area contributed by atoms with Crippen LogP contribution >= 0.6 is 0 Å². The number of benzene rings is 2. The molecule has 0 saturated heterocycles. The number of carbonyl (C=O) groups excluding carboxylic acids is 1. The van der Waals surface area contributed by atoms with E-state index in [1.165, 1.54) is 25.3 Å². The number of hydrogen-bond acceptors (Lipinski definition) is 2. The highest BCUT2D eigenvalue weighted by Gasteiger charge is 2.27. The zero-order chi connectivity index (χ0) is 21.0. The SMILES string of the molecule is COCCC(N)=O.Fc1ccc(-c2[nH]c3c(F)cc(F)cc3c2C2CCC2)cc1. The summed E-state index contributed by atoms with van der Waals surface area (Å²) in [4.78, 5) is 13.0. The summed E-state index contributed by atoms with van der Waals surface area (Å²) in [7, 11) is 1.53. The minimum Gasteiger partial charge on any atom is -0.384 e. The van der Waals surface area contributed by atoms with Crippen LogP contribution in [-0.4, -0.2) is 24.6 Å². The highest BCUT2D eigenvalue weighted by atomic mass is 19.1. The predicted octanol–water partition coefficient (Wildman–Crippen LogP) is 5.03. The van der Waals surface area contributed by atoms with Crippen LogP contribution in [0.25, 0.3) is 22.2 Å². The monoisotopic (exact) mass is 404 g/mol. The summed E-state index contributed by atoms with van der Waals surface area (Å²) in [6.45, 7) is 0.426. The number of methoxy groups -OCH3 is 1.